The quantitative estimate of drug-likeness (QED) is 0.727. The fourth-order valence-corrected chi connectivity index (χ4v) is 3.56. The highest BCUT2D eigenvalue weighted by molar-refractivity contribution is 7.92. The number of sulfonamides is 1. The Kier molecular flexibility index (Phi) is 4.54. The van der Waals surface area contributed by atoms with Crippen LogP contribution in [0.3, 0.4) is 0 Å². The number of fused-ring (bicyclic) bond motifs is 1. The summed E-state index contributed by atoms with van der Waals surface area (Å²) in [6.45, 7) is 0. The molecule has 1 N–H and O–H groups in total. The average Bonchev–Trinajstić information content (AvgIpc) is 2.56. The van der Waals surface area contributed by atoms with E-state index in [1.54, 1.807) is 31.4 Å². The molecule has 0 aliphatic rings. The SMILES string of the molecule is COc1ccc2cc(NS(=O)(=O)c3ccc(Cl)c(Cl)c3)cnc2c1. The van der Waals surface area contributed by atoms with Gasteiger partial charge in [0.25, 0.3) is 10.0 Å². The van der Waals surface area contributed by atoms with Crippen molar-refractivity contribution in [3.63, 3.8) is 0 Å². The average molecular weight is 383 g/mol. The first kappa shape index (κ1) is 16.8. The zero-order valence-electron chi connectivity index (χ0n) is 12.5. The van der Waals surface area contributed by atoms with Crippen LogP contribution in [0.5, 0.6) is 5.75 Å². The molecule has 0 fully saturated rings. The summed E-state index contributed by atoms with van der Waals surface area (Å²) in [6, 6.07) is 11.2. The summed E-state index contributed by atoms with van der Waals surface area (Å²) in [5, 5.41) is 1.24. The Balaban J connectivity index is 1.94. The van der Waals surface area contributed by atoms with E-state index in [-0.39, 0.29) is 14.9 Å². The maximum absolute atomic E-state index is 12.4. The molecule has 0 saturated heterocycles. The zero-order valence-corrected chi connectivity index (χ0v) is 14.8. The van der Waals surface area contributed by atoms with Crippen molar-refractivity contribution in [2.45, 2.75) is 4.90 Å². The van der Waals surface area contributed by atoms with E-state index < -0.39 is 10.0 Å². The third kappa shape index (κ3) is 3.40. The Morgan fingerprint density at radius 2 is 1.83 bits per heavy atom. The largest absolute Gasteiger partial charge is 0.497 e. The Morgan fingerprint density at radius 3 is 2.54 bits per heavy atom. The summed E-state index contributed by atoms with van der Waals surface area (Å²) in [6.07, 6.45) is 1.44. The maximum Gasteiger partial charge on any atom is 0.261 e. The van der Waals surface area contributed by atoms with Gasteiger partial charge in [-0.05, 0) is 36.4 Å². The molecule has 0 amide bonds. The zero-order chi connectivity index (χ0) is 17.3. The van der Waals surface area contributed by atoms with Crippen LogP contribution in [0.4, 0.5) is 5.69 Å². The van der Waals surface area contributed by atoms with E-state index in [9.17, 15) is 8.42 Å². The lowest BCUT2D eigenvalue weighted by molar-refractivity contribution is 0.415. The normalized spacial score (nSPS) is 11.5. The highest BCUT2D eigenvalue weighted by Gasteiger charge is 2.16. The van der Waals surface area contributed by atoms with Gasteiger partial charge in [0.05, 0.1) is 39.5 Å². The molecule has 24 heavy (non-hydrogen) atoms. The van der Waals surface area contributed by atoms with Gasteiger partial charge >= 0.3 is 0 Å². The standard InChI is InChI=1S/C16H12Cl2N2O3S/c1-23-12-3-2-10-6-11(9-19-16(10)7-12)20-24(21,22)13-4-5-14(17)15(18)8-13/h2-9,20H,1H3. The Labute approximate surface area is 149 Å². The number of ether oxygens (including phenoxy) is 1. The minimum atomic E-state index is -3.79. The number of methoxy groups -OCH3 is 1. The lowest BCUT2D eigenvalue weighted by atomic mass is 10.2. The van der Waals surface area contributed by atoms with Crippen LogP contribution in [0.15, 0.2) is 53.6 Å². The van der Waals surface area contributed by atoms with Crippen molar-refractivity contribution in [2.24, 2.45) is 0 Å². The van der Waals surface area contributed by atoms with Crippen molar-refractivity contribution in [3.05, 3.63) is 58.7 Å². The molecular weight excluding hydrogens is 371 g/mol. The van der Waals surface area contributed by atoms with Gasteiger partial charge < -0.3 is 4.74 Å². The van der Waals surface area contributed by atoms with Crippen molar-refractivity contribution >= 4 is 49.8 Å². The molecule has 1 heterocycles. The summed E-state index contributed by atoms with van der Waals surface area (Å²) in [7, 11) is -2.22. The lowest BCUT2D eigenvalue weighted by Gasteiger charge is -2.10. The van der Waals surface area contributed by atoms with E-state index >= 15 is 0 Å². The van der Waals surface area contributed by atoms with Crippen molar-refractivity contribution in [2.75, 3.05) is 11.8 Å². The number of hydrogen-bond acceptors (Lipinski definition) is 4. The Bertz CT molecular complexity index is 1020. The molecule has 0 spiro atoms. The summed E-state index contributed by atoms with van der Waals surface area (Å²) >= 11 is 11.7. The smallest absolute Gasteiger partial charge is 0.261 e. The lowest BCUT2D eigenvalue weighted by Crippen LogP contribution is -2.13. The van der Waals surface area contributed by atoms with Gasteiger partial charge in [0.1, 0.15) is 5.75 Å². The first-order chi connectivity index (χ1) is 11.4. The van der Waals surface area contributed by atoms with Gasteiger partial charge in [0, 0.05) is 11.5 Å². The summed E-state index contributed by atoms with van der Waals surface area (Å²) in [4.78, 5) is 4.27. The van der Waals surface area contributed by atoms with Gasteiger partial charge in [-0.1, -0.05) is 23.2 Å². The fraction of sp³-hybridized carbons (Fsp3) is 0.0625. The number of nitrogens with one attached hydrogen (secondary N) is 1. The minimum absolute atomic E-state index is 0.0201. The number of pyridine rings is 1. The van der Waals surface area contributed by atoms with Crippen LogP contribution in [0.25, 0.3) is 10.9 Å². The first-order valence-electron chi connectivity index (χ1n) is 6.81. The number of anilines is 1. The van der Waals surface area contributed by atoms with E-state index in [0.717, 1.165) is 5.39 Å². The molecule has 0 radical (unpaired) electrons. The third-order valence-electron chi connectivity index (χ3n) is 3.34. The van der Waals surface area contributed by atoms with Crippen LogP contribution in [-0.2, 0) is 10.0 Å². The van der Waals surface area contributed by atoms with Gasteiger partial charge in [0.15, 0.2) is 0 Å². The number of benzene rings is 2. The Morgan fingerprint density at radius 1 is 1.04 bits per heavy atom. The predicted molar refractivity (Wildman–Crippen MR) is 95.6 cm³/mol. The van der Waals surface area contributed by atoms with Crippen molar-refractivity contribution in [1.82, 2.24) is 4.98 Å². The molecule has 0 unspecified atom stereocenters. The molecule has 1 aromatic heterocycles. The number of halogens is 2. The second-order valence-corrected chi connectivity index (χ2v) is 7.46. The van der Waals surface area contributed by atoms with E-state index in [1.807, 2.05) is 0 Å². The second-order valence-electron chi connectivity index (χ2n) is 4.96. The number of hydrogen-bond donors (Lipinski definition) is 1. The van der Waals surface area contributed by atoms with Crippen LogP contribution in [0, 0.1) is 0 Å². The molecule has 5 nitrogen and oxygen atoms in total. The van der Waals surface area contributed by atoms with Crippen LogP contribution in [-0.4, -0.2) is 20.5 Å². The molecule has 2 aromatic carbocycles. The van der Waals surface area contributed by atoms with E-state index in [4.69, 9.17) is 27.9 Å². The van der Waals surface area contributed by atoms with Gasteiger partial charge in [-0.3, -0.25) is 9.71 Å². The van der Waals surface area contributed by atoms with Crippen LogP contribution in [0.2, 0.25) is 10.0 Å². The topological polar surface area (TPSA) is 68.3 Å². The van der Waals surface area contributed by atoms with E-state index in [1.165, 1.54) is 24.4 Å². The molecule has 3 rings (SSSR count). The third-order valence-corrected chi connectivity index (χ3v) is 5.46. The minimum Gasteiger partial charge on any atom is -0.497 e. The molecule has 0 saturated carbocycles. The number of nitrogens with zero attached hydrogens (tertiary/aromatic N) is 1. The van der Waals surface area contributed by atoms with Crippen molar-refractivity contribution < 1.29 is 13.2 Å². The molecule has 8 heteroatoms. The van der Waals surface area contributed by atoms with Crippen molar-refractivity contribution in [1.29, 1.82) is 0 Å². The van der Waals surface area contributed by atoms with E-state index in [0.29, 0.717) is 17.0 Å². The first-order valence-corrected chi connectivity index (χ1v) is 9.04. The van der Waals surface area contributed by atoms with E-state index in [2.05, 4.69) is 9.71 Å². The summed E-state index contributed by atoms with van der Waals surface area (Å²) < 4.78 is 32.5. The molecule has 0 aliphatic carbocycles. The molecule has 124 valence electrons. The van der Waals surface area contributed by atoms with Crippen LogP contribution < -0.4 is 9.46 Å². The van der Waals surface area contributed by atoms with Crippen LogP contribution in [0.1, 0.15) is 0 Å². The monoisotopic (exact) mass is 382 g/mol. The molecule has 0 aliphatic heterocycles. The number of rotatable bonds is 4. The second kappa shape index (κ2) is 6.47. The maximum atomic E-state index is 12.4. The number of aromatic nitrogens is 1. The predicted octanol–water partition coefficient (Wildman–Crippen LogP) is 4.35. The molecule has 0 atom stereocenters. The highest BCUT2D eigenvalue weighted by atomic mass is 35.5. The highest BCUT2D eigenvalue weighted by Crippen LogP contribution is 2.27. The fourth-order valence-electron chi connectivity index (χ4n) is 2.14. The molecular formula is C16H12Cl2N2O3S. The van der Waals surface area contributed by atoms with Gasteiger partial charge in [-0.15, -0.1) is 0 Å². The van der Waals surface area contributed by atoms with Gasteiger partial charge in [-0.25, -0.2) is 8.42 Å². The summed E-state index contributed by atoms with van der Waals surface area (Å²) in [5.74, 6) is 0.680. The van der Waals surface area contributed by atoms with Gasteiger partial charge in [-0.2, -0.15) is 0 Å². The van der Waals surface area contributed by atoms with Crippen molar-refractivity contribution in [3.8, 4) is 5.75 Å². The van der Waals surface area contributed by atoms with Gasteiger partial charge in [0.2, 0.25) is 0 Å². The molecule has 0 bridgehead atoms. The Hall–Kier alpha value is -2.02. The molecule has 3 aromatic rings. The van der Waals surface area contributed by atoms with Crippen LogP contribution >= 0.6 is 23.2 Å². The summed E-state index contributed by atoms with van der Waals surface area (Å²) in [5.41, 5.74) is 1.05.